The van der Waals surface area contributed by atoms with E-state index in [1.165, 1.54) is 22.3 Å². The molecule has 2 atom stereocenters. The van der Waals surface area contributed by atoms with Gasteiger partial charge in [-0.3, -0.25) is 9.59 Å². The van der Waals surface area contributed by atoms with E-state index in [1.54, 1.807) is 0 Å². The quantitative estimate of drug-likeness (QED) is 0.166. The summed E-state index contributed by atoms with van der Waals surface area (Å²) in [7, 11) is 0. The first-order valence-corrected chi connectivity index (χ1v) is 14.4. The van der Waals surface area contributed by atoms with E-state index in [0.717, 1.165) is 51.6 Å². The molecule has 2 N–H and O–H groups in total. The van der Waals surface area contributed by atoms with Crippen LogP contribution in [0.25, 0.3) is 0 Å². The van der Waals surface area contributed by atoms with Crippen LogP contribution in [0.5, 0.6) is 0 Å². The molecule has 2 aliphatic carbocycles. The van der Waals surface area contributed by atoms with Crippen molar-refractivity contribution in [3.8, 4) is 0 Å². The van der Waals surface area contributed by atoms with Crippen molar-refractivity contribution in [2.24, 2.45) is 11.8 Å². The molecule has 42 heavy (non-hydrogen) atoms. The van der Waals surface area contributed by atoms with Gasteiger partial charge in [-0.25, -0.2) is 9.15 Å². The van der Waals surface area contributed by atoms with E-state index in [1.807, 2.05) is 10.6 Å². The average molecular weight is 599 g/mol. The number of halogens is 6. The maximum absolute atomic E-state index is 12.2. The molecule has 2 aliphatic heterocycles. The molecule has 228 valence electrons. The number of carbonyl (C=O) groups excluding carboxylic acids is 2. The minimum absolute atomic E-state index is 0.0210. The van der Waals surface area contributed by atoms with Gasteiger partial charge in [0.15, 0.2) is 24.8 Å². The second-order valence-electron chi connectivity index (χ2n) is 10.9. The zero-order chi connectivity index (χ0) is 30.3. The number of nitrogens with zero attached hydrogens (tertiary/aromatic N) is 2. The molecular weight excluding hydrogens is 562 g/mol. The van der Waals surface area contributed by atoms with Gasteiger partial charge in [-0.1, -0.05) is 37.1 Å². The molecular formula is C30H36F6N4O2+2. The number of hydrogen-bond donors (Lipinski definition) is 2. The first-order chi connectivity index (χ1) is 19.9. The fraction of sp³-hybridized carbons (Fsp3) is 0.533. The van der Waals surface area contributed by atoms with Gasteiger partial charge >= 0.3 is 24.2 Å². The highest BCUT2D eigenvalue weighted by atomic mass is 19.4. The Bertz CT molecular complexity index is 1170. The van der Waals surface area contributed by atoms with Gasteiger partial charge in [0, 0.05) is 60.1 Å². The van der Waals surface area contributed by atoms with E-state index < -0.39 is 24.2 Å². The van der Waals surface area contributed by atoms with Crippen molar-refractivity contribution < 1.29 is 45.1 Å². The zero-order valence-electron chi connectivity index (χ0n) is 23.2. The predicted molar refractivity (Wildman–Crippen MR) is 146 cm³/mol. The van der Waals surface area contributed by atoms with Gasteiger partial charge in [-0.2, -0.15) is 26.3 Å². The van der Waals surface area contributed by atoms with E-state index in [2.05, 4.69) is 58.3 Å². The monoisotopic (exact) mass is 598 g/mol. The van der Waals surface area contributed by atoms with Gasteiger partial charge in [0.05, 0.1) is 0 Å². The van der Waals surface area contributed by atoms with Crippen LogP contribution < -0.4 is 10.6 Å². The molecule has 0 saturated carbocycles. The normalized spacial score (nSPS) is 20.8. The molecule has 0 aromatic carbocycles. The highest BCUT2D eigenvalue weighted by Gasteiger charge is 2.43. The highest BCUT2D eigenvalue weighted by molar-refractivity contribution is 5.86. The Morgan fingerprint density at radius 2 is 0.976 bits per heavy atom. The molecule has 0 saturated heterocycles. The summed E-state index contributed by atoms with van der Waals surface area (Å²) in [5.41, 5.74) is 4.97. The maximum atomic E-state index is 12.2. The Hall–Kier alpha value is -3.44. The second-order valence-corrected chi connectivity index (χ2v) is 10.9. The molecule has 2 unspecified atom stereocenters. The van der Waals surface area contributed by atoms with Gasteiger partial charge < -0.3 is 10.6 Å². The second kappa shape index (κ2) is 13.7. The van der Waals surface area contributed by atoms with Crippen LogP contribution in [0.2, 0.25) is 0 Å². The summed E-state index contributed by atoms with van der Waals surface area (Å²) in [6.45, 7) is 1.64. The summed E-state index contributed by atoms with van der Waals surface area (Å²) < 4.78 is 77.7. The first-order valence-electron chi connectivity index (χ1n) is 14.4. The van der Waals surface area contributed by atoms with Crippen molar-refractivity contribution >= 4 is 24.2 Å². The number of nitrogens with one attached hydrogen (secondary N) is 2. The van der Waals surface area contributed by atoms with Crippen LogP contribution in [-0.4, -0.2) is 71.9 Å². The van der Waals surface area contributed by atoms with Crippen molar-refractivity contribution in [2.75, 3.05) is 26.2 Å². The summed E-state index contributed by atoms with van der Waals surface area (Å²) in [5.74, 6) is -3.28. The minimum Gasteiger partial charge on any atom is -0.348 e. The SMILES string of the molecule is O=C(NCCCCCC[N+]1=CC2=CC=C3C=[N+](CCCCCCNC(=O)C(F)(F)F)C=C4C=CC(=C1)C2C34)C(F)(F)F. The molecule has 0 aromatic heterocycles. The summed E-state index contributed by atoms with van der Waals surface area (Å²) in [4.78, 5) is 21.7. The fourth-order valence-electron chi connectivity index (χ4n) is 5.70. The molecule has 4 aliphatic rings. The zero-order valence-corrected chi connectivity index (χ0v) is 23.2. The number of alkyl halides is 6. The van der Waals surface area contributed by atoms with E-state index in [4.69, 9.17) is 0 Å². The molecule has 0 bridgehead atoms. The molecule has 0 radical (unpaired) electrons. The molecule has 2 heterocycles. The molecule has 2 amide bonds. The third-order valence-electron chi connectivity index (χ3n) is 7.74. The van der Waals surface area contributed by atoms with E-state index in [9.17, 15) is 35.9 Å². The Morgan fingerprint density at radius 3 is 1.36 bits per heavy atom. The number of allylic oxidation sites excluding steroid dienone is 8. The molecule has 4 rings (SSSR count). The van der Waals surface area contributed by atoms with Gasteiger partial charge in [0.2, 0.25) is 0 Å². The van der Waals surface area contributed by atoms with E-state index in [-0.39, 0.29) is 24.9 Å². The molecule has 6 nitrogen and oxygen atoms in total. The van der Waals surface area contributed by atoms with Crippen LogP contribution in [-0.2, 0) is 9.59 Å². The lowest BCUT2D eigenvalue weighted by molar-refractivity contribution is -0.456. The number of carbonyl (C=O) groups is 2. The van der Waals surface area contributed by atoms with Crippen molar-refractivity contribution in [2.45, 2.75) is 63.7 Å². The van der Waals surface area contributed by atoms with Gasteiger partial charge in [-0.05, 0) is 25.7 Å². The number of hydrogen-bond acceptors (Lipinski definition) is 2. The summed E-state index contributed by atoms with van der Waals surface area (Å²) in [6.07, 6.45) is 13.6. The lowest BCUT2D eigenvalue weighted by atomic mass is 9.66. The van der Waals surface area contributed by atoms with Crippen molar-refractivity contribution in [3.05, 3.63) is 59.0 Å². The molecule has 0 spiro atoms. The summed E-state index contributed by atoms with van der Waals surface area (Å²) >= 11 is 0. The van der Waals surface area contributed by atoms with Gasteiger partial charge in [0.1, 0.15) is 13.1 Å². The Balaban J connectivity index is 1.22. The smallest absolute Gasteiger partial charge is 0.348 e. The summed E-state index contributed by atoms with van der Waals surface area (Å²) in [5, 5.41) is 3.80. The van der Waals surface area contributed by atoms with E-state index in [0.29, 0.717) is 12.8 Å². The topological polar surface area (TPSA) is 64.2 Å². The Morgan fingerprint density at radius 1 is 0.595 bits per heavy atom. The predicted octanol–water partition coefficient (Wildman–Crippen LogP) is 5.09. The van der Waals surface area contributed by atoms with Crippen molar-refractivity contribution in [1.82, 2.24) is 10.6 Å². The first kappa shape index (κ1) is 31.5. The van der Waals surface area contributed by atoms with Crippen LogP contribution in [0, 0.1) is 11.8 Å². The highest BCUT2D eigenvalue weighted by Crippen LogP contribution is 2.46. The largest absolute Gasteiger partial charge is 0.471 e. The van der Waals surface area contributed by atoms with Crippen molar-refractivity contribution in [1.29, 1.82) is 0 Å². The number of rotatable bonds is 14. The number of amides is 2. The van der Waals surface area contributed by atoms with Gasteiger partial charge in [0.25, 0.3) is 0 Å². The third-order valence-corrected chi connectivity index (χ3v) is 7.74. The van der Waals surface area contributed by atoms with Gasteiger partial charge in [-0.15, -0.1) is 0 Å². The summed E-state index contributed by atoms with van der Waals surface area (Å²) in [6, 6.07) is 0. The standard InChI is InChI=1S/C30H34F6N4O2/c31-29(32,33)27(41)37-13-5-1-3-7-15-39-17-21-9-11-23-19-40(20-24-12-10-22(18-39)25(21)26(23)24)16-8-4-2-6-14-38-28(42)30(34,35)36/h9-12,17-20,25-26H,1-8,13-16H2/p+2. The average Bonchev–Trinajstić information content (AvgIpc) is 2.93. The maximum Gasteiger partial charge on any atom is 0.471 e. The van der Waals surface area contributed by atoms with Crippen LogP contribution in [0.4, 0.5) is 26.3 Å². The lowest BCUT2D eigenvalue weighted by Crippen LogP contribution is -2.37. The van der Waals surface area contributed by atoms with Crippen LogP contribution in [0.3, 0.4) is 0 Å². The minimum atomic E-state index is -4.84. The Kier molecular flexibility index (Phi) is 10.3. The molecule has 12 heteroatoms. The van der Waals surface area contributed by atoms with E-state index >= 15 is 0 Å². The van der Waals surface area contributed by atoms with Crippen LogP contribution in [0.1, 0.15) is 51.4 Å². The van der Waals surface area contributed by atoms with Crippen LogP contribution >= 0.6 is 0 Å². The third kappa shape index (κ3) is 8.32. The van der Waals surface area contributed by atoms with Crippen molar-refractivity contribution in [3.63, 3.8) is 0 Å². The molecule has 0 aromatic rings. The number of unbranched alkanes of at least 4 members (excludes halogenated alkanes) is 6. The lowest BCUT2D eigenvalue weighted by Gasteiger charge is -2.36. The van der Waals surface area contributed by atoms with Crippen LogP contribution in [0.15, 0.2) is 59.0 Å². The fourth-order valence-corrected chi connectivity index (χ4v) is 5.70. The molecule has 0 fully saturated rings. The Labute approximate surface area is 240 Å².